The highest BCUT2D eigenvalue weighted by Gasteiger charge is 2.29. The number of halogens is 4. The van der Waals surface area contributed by atoms with Gasteiger partial charge in [0.2, 0.25) is 5.91 Å². The molecule has 0 aromatic heterocycles. The summed E-state index contributed by atoms with van der Waals surface area (Å²) in [5.74, 6) is -0.471. The third kappa shape index (κ3) is 5.88. The van der Waals surface area contributed by atoms with Crippen LogP contribution in [0.1, 0.15) is 13.8 Å². The van der Waals surface area contributed by atoms with E-state index in [1.54, 1.807) is 13.8 Å². The maximum Gasteiger partial charge on any atom is 0.318 e. The minimum absolute atomic E-state index is 0.471. The van der Waals surface area contributed by atoms with Crippen LogP contribution in [0.5, 0.6) is 0 Å². The van der Waals surface area contributed by atoms with E-state index in [2.05, 4.69) is 37.2 Å². The van der Waals surface area contributed by atoms with Crippen molar-refractivity contribution in [2.75, 3.05) is 6.54 Å². The molecule has 0 radical (unpaired) electrons. The molecule has 0 unspecified atom stereocenters. The minimum atomic E-state index is -3.04. The van der Waals surface area contributed by atoms with Gasteiger partial charge in [0.05, 0.1) is 10.9 Å². The SMILES string of the molecule is CC(C)(Br)C(=O)NCC(F)(F)Br. The Labute approximate surface area is 86.3 Å². The molecule has 0 spiro atoms. The van der Waals surface area contributed by atoms with E-state index in [0.29, 0.717) is 0 Å². The van der Waals surface area contributed by atoms with Crippen molar-refractivity contribution in [2.24, 2.45) is 0 Å². The number of carbonyl (C=O) groups excluding carboxylic acids is 1. The van der Waals surface area contributed by atoms with Crippen LogP contribution in [0, 0.1) is 0 Å². The summed E-state index contributed by atoms with van der Waals surface area (Å²) in [5.41, 5.74) is 0. The maximum absolute atomic E-state index is 12.2. The zero-order valence-electron chi connectivity index (χ0n) is 6.63. The molecule has 72 valence electrons. The first-order valence-corrected chi connectivity index (χ1v) is 4.75. The molecule has 0 aromatic carbocycles. The van der Waals surface area contributed by atoms with Crippen molar-refractivity contribution in [3.8, 4) is 0 Å². The summed E-state index contributed by atoms with van der Waals surface area (Å²) in [7, 11) is 0. The van der Waals surface area contributed by atoms with Crippen LogP contribution >= 0.6 is 31.9 Å². The smallest absolute Gasteiger partial charge is 0.318 e. The van der Waals surface area contributed by atoms with Gasteiger partial charge in [-0.1, -0.05) is 15.9 Å². The Morgan fingerprint density at radius 3 is 2.08 bits per heavy atom. The van der Waals surface area contributed by atoms with Gasteiger partial charge < -0.3 is 5.32 Å². The van der Waals surface area contributed by atoms with Crippen LogP contribution in [0.15, 0.2) is 0 Å². The Hall–Kier alpha value is 0.290. The third-order valence-corrected chi connectivity index (χ3v) is 1.63. The first-order valence-electron chi connectivity index (χ1n) is 3.17. The summed E-state index contributed by atoms with van der Waals surface area (Å²) in [6, 6.07) is 0. The number of nitrogens with one attached hydrogen (secondary N) is 1. The molecule has 0 bridgehead atoms. The highest BCUT2D eigenvalue weighted by atomic mass is 79.9. The summed E-state index contributed by atoms with van der Waals surface area (Å²) in [6.45, 7) is 2.45. The lowest BCUT2D eigenvalue weighted by Crippen LogP contribution is -2.41. The molecular weight excluding hydrogens is 300 g/mol. The second-order valence-electron chi connectivity index (χ2n) is 2.77. The topological polar surface area (TPSA) is 29.1 Å². The number of rotatable bonds is 3. The van der Waals surface area contributed by atoms with Crippen molar-refractivity contribution in [3.05, 3.63) is 0 Å². The molecule has 2 nitrogen and oxygen atoms in total. The van der Waals surface area contributed by atoms with Gasteiger partial charge in [0.1, 0.15) is 0 Å². The van der Waals surface area contributed by atoms with Crippen molar-refractivity contribution in [1.29, 1.82) is 0 Å². The summed E-state index contributed by atoms with van der Waals surface area (Å²) >= 11 is 5.15. The van der Waals surface area contributed by atoms with Gasteiger partial charge in [-0.05, 0) is 29.8 Å². The second-order valence-corrected chi connectivity index (χ2v) is 5.91. The predicted molar refractivity (Wildman–Crippen MR) is 49.9 cm³/mol. The molecule has 0 saturated carbocycles. The van der Waals surface area contributed by atoms with Gasteiger partial charge in [0.25, 0.3) is 0 Å². The quantitative estimate of drug-likeness (QED) is 0.796. The first-order chi connectivity index (χ1) is 5.13. The van der Waals surface area contributed by atoms with E-state index < -0.39 is 21.6 Å². The van der Waals surface area contributed by atoms with Gasteiger partial charge in [-0.25, -0.2) is 0 Å². The first kappa shape index (κ1) is 12.3. The van der Waals surface area contributed by atoms with E-state index in [1.807, 2.05) is 0 Å². The maximum atomic E-state index is 12.2. The zero-order chi connectivity index (χ0) is 9.99. The molecule has 1 amide bonds. The molecule has 0 aliphatic rings. The number of hydrogen-bond acceptors (Lipinski definition) is 1. The Balaban J connectivity index is 3.90. The van der Waals surface area contributed by atoms with E-state index in [9.17, 15) is 13.6 Å². The number of amides is 1. The van der Waals surface area contributed by atoms with Crippen LogP contribution in [0.4, 0.5) is 8.78 Å². The van der Waals surface area contributed by atoms with Gasteiger partial charge in [0.15, 0.2) is 0 Å². The average Bonchev–Trinajstić information content (AvgIpc) is 1.78. The zero-order valence-corrected chi connectivity index (χ0v) is 9.80. The van der Waals surface area contributed by atoms with Crippen molar-refractivity contribution in [3.63, 3.8) is 0 Å². The Morgan fingerprint density at radius 1 is 1.42 bits per heavy atom. The fraction of sp³-hybridized carbons (Fsp3) is 0.833. The molecule has 0 atom stereocenters. The van der Waals surface area contributed by atoms with Crippen LogP contribution in [0.3, 0.4) is 0 Å². The van der Waals surface area contributed by atoms with Gasteiger partial charge in [0, 0.05) is 0 Å². The molecule has 12 heavy (non-hydrogen) atoms. The van der Waals surface area contributed by atoms with Crippen LogP contribution in [-0.4, -0.2) is 21.6 Å². The molecule has 0 fully saturated rings. The van der Waals surface area contributed by atoms with Crippen LogP contribution < -0.4 is 5.32 Å². The molecule has 1 N–H and O–H groups in total. The Kier molecular flexibility index (Phi) is 4.10. The molecule has 0 rings (SSSR count). The molecule has 0 heterocycles. The normalized spacial score (nSPS) is 12.8. The lowest BCUT2D eigenvalue weighted by molar-refractivity contribution is -0.123. The monoisotopic (exact) mass is 307 g/mol. The van der Waals surface area contributed by atoms with Crippen molar-refractivity contribution < 1.29 is 13.6 Å². The van der Waals surface area contributed by atoms with Gasteiger partial charge in [-0.2, -0.15) is 8.78 Å². The van der Waals surface area contributed by atoms with Crippen molar-refractivity contribution in [1.82, 2.24) is 5.32 Å². The minimum Gasteiger partial charge on any atom is -0.348 e. The molecule has 0 aromatic rings. The van der Waals surface area contributed by atoms with E-state index in [0.717, 1.165) is 0 Å². The highest BCUT2D eigenvalue weighted by molar-refractivity contribution is 9.10. The summed E-state index contributed by atoms with van der Waals surface area (Å²) < 4.78 is 23.5. The number of carbonyl (C=O) groups is 1. The molecular formula is C6H9Br2F2NO. The summed E-state index contributed by atoms with van der Waals surface area (Å²) in [6.07, 6.45) is 0. The number of alkyl halides is 4. The predicted octanol–water partition coefficient (Wildman–Crippen LogP) is 2.26. The Morgan fingerprint density at radius 2 is 1.83 bits per heavy atom. The fourth-order valence-electron chi connectivity index (χ4n) is 0.391. The fourth-order valence-corrected chi connectivity index (χ4v) is 0.671. The van der Waals surface area contributed by atoms with E-state index in [4.69, 9.17) is 0 Å². The van der Waals surface area contributed by atoms with Crippen molar-refractivity contribution in [2.45, 2.75) is 23.0 Å². The largest absolute Gasteiger partial charge is 0.348 e. The number of hydrogen-bond donors (Lipinski definition) is 1. The molecule has 0 aliphatic carbocycles. The average molecular weight is 309 g/mol. The van der Waals surface area contributed by atoms with E-state index in [1.165, 1.54) is 0 Å². The highest BCUT2D eigenvalue weighted by Crippen LogP contribution is 2.21. The summed E-state index contributed by atoms with van der Waals surface area (Å²) in [4.78, 5) is 7.96. The molecule has 0 saturated heterocycles. The third-order valence-electron chi connectivity index (χ3n) is 0.989. The van der Waals surface area contributed by atoms with Crippen molar-refractivity contribution >= 4 is 37.8 Å². The van der Waals surface area contributed by atoms with Gasteiger partial charge in [-0.3, -0.25) is 4.79 Å². The molecule has 6 heteroatoms. The lowest BCUT2D eigenvalue weighted by Gasteiger charge is -2.17. The van der Waals surface area contributed by atoms with Gasteiger partial charge >= 0.3 is 4.83 Å². The standard InChI is InChI=1S/C6H9Br2F2NO/c1-5(2,7)4(12)11-3-6(8,9)10/h3H2,1-2H3,(H,11,12). The second kappa shape index (κ2) is 4.00. The summed E-state index contributed by atoms with van der Waals surface area (Å²) in [5, 5.41) is 2.08. The Bertz CT molecular complexity index is 173. The van der Waals surface area contributed by atoms with Crippen LogP contribution in [0.25, 0.3) is 0 Å². The van der Waals surface area contributed by atoms with Crippen LogP contribution in [-0.2, 0) is 4.79 Å². The van der Waals surface area contributed by atoms with Crippen LogP contribution in [0.2, 0.25) is 0 Å². The lowest BCUT2D eigenvalue weighted by atomic mass is 10.2. The van der Waals surface area contributed by atoms with Gasteiger partial charge in [-0.15, -0.1) is 0 Å². The van der Waals surface area contributed by atoms with E-state index >= 15 is 0 Å². The van der Waals surface area contributed by atoms with E-state index in [-0.39, 0.29) is 0 Å². The molecule has 0 aliphatic heterocycles.